The summed E-state index contributed by atoms with van der Waals surface area (Å²) in [5.74, 6) is 1.34. The molecule has 0 heterocycles. The van der Waals surface area contributed by atoms with E-state index in [-0.39, 0.29) is 39.5 Å². The summed E-state index contributed by atoms with van der Waals surface area (Å²) < 4.78 is 4.91. The number of fused-ring (bicyclic) bond motifs is 7. The highest BCUT2D eigenvalue weighted by Crippen LogP contribution is 2.73. The van der Waals surface area contributed by atoms with Crippen molar-refractivity contribution < 1.29 is 14.3 Å². The number of carbonyl (C=O) groups is 1. The zero-order valence-corrected chi connectivity index (χ0v) is 26.2. The van der Waals surface area contributed by atoms with Crippen LogP contribution in [0.1, 0.15) is 76.7 Å². The van der Waals surface area contributed by atoms with Crippen LogP contribution in [0.5, 0.6) is 0 Å². The lowest BCUT2D eigenvalue weighted by atomic mass is 9.35. The molecule has 9 atom stereocenters. The number of nitrogens with zero attached hydrogens (tertiary/aromatic N) is 1. The highest BCUT2D eigenvalue weighted by atomic mass is 16.5. The van der Waals surface area contributed by atoms with Crippen LogP contribution in [0.2, 0.25) is 0 Å². The second-order valence-corrected chi connectivity index (χ2v) is 14.9. The largest absolute Gasteiger partial charge is 0.465 e. The maximum atomic E-state index is 12.0. The van der Waals surface area contributed by atoms with Gasteiger partial charge in [0.2, 0.25) is 6.08 Å². The van der Waals surface area contributed by atoms with Crippen LogP contribution in [-0.2, 0) is 9.53 Å². The number of aliphatic imine (C=N–C) groups is 1. The average Bonchev–Trinajstić information content (AvgIpc) is 3.33. The van der Waals surface area contributed by atoms with Crippen molar-refractivity contribution in [1.29, 1.82) is 0 Å². The molecule has 1 aromatic carbocycles. The average molecular weight is 564 g/mol. The molecule has 1 fully saturated rings. The lowest BCUT2D eigenvalue weighted by Gasteiger charge is -2.68. The predicted molar refractivity (Wildman–Crippen MR) is 168 cm³/mol. The molecule has 5 aliphatic carbocycles. The van der Waals surface area contributed by atoms with E-state index in [4.69, 9.17) is 4.74 Å². The minimum atomic E-state index is -0.614. The van der Waals surface area contributed by atoms with Crippen LogP contribution in [0.15, 0.2) is 83.9 Å². The SMILES string of the molecule is C=C(C)[C@@H]1C=CC2(N=C=O)C=CC3(C)[C@H](CC[C@@H]4C5(C)CC=C(c6ccc(C(=O)OC)cc6)C(C)(C)[C@H]5C=CC43C)[C@H]12. The van der Waals surface area contributed by atoms with Crippen LogP contribution in [0.4, 0.5) is 0 Å². The second-order valence-electron chi connectivity index (χ2n) is 14.9. The molecule has 0 bridgehead atoms. The summed E-state index contributed by atoms with van der Waals surface area (Å²) in [5, 5.41) is 0. The summed E-state index contributed by atoms with van der Waals surface area (Å²) >= 11 is 0. The third-order valence-electron chi connectivity index (χ3n) is 12.8. The molecule has 0 aromatic heterocycles. The van der Waals surface area contributed by atoms with Gasteiger partial charge in [0, 0.05) is 11.8 Å². The lowest BCUT2D eigenvalue weighted by Crippen LogP contribution is -2.63. The van der Waals surface area contributed by atoms with E-state index in [1.165, 1.54) is 18.2 Å². The molecule has 220 valence electrons. The molecule has 1 aromatic rings. The first-order chi connectivity index (χ1) is 19.8. The fourth-order valence-electron chi connectivity index (χ4n) is 10.6. The van der Waals surface area contributed by atoms with E-state index in [9.17, 15) is 9.59 Å². The Morgan fingerprint density at radius 2 is 1.69 bits per heavy atom. The number of rotatable bonds is 4. The zero-order valence-electron chi connectivity index (χ0n) is 26.2. The van der Waals surface area contributed by atoms with Gasteiger partial charge in [-0.2, -0.15) is 4.99 Å². The number of isocyanates is 1. The van der Waals surface area contributed by atoms with Gasteiger partial charge in [0.05, 0.1) is 12.7 Å². The van der Waals surface area contributed by atoms with E-state index in [2.05, 4.69) is 108 Å². The van der Waals surface area contributed by atoms with Gasteiger partial charge in [0.25, 0.3) is 0 Å². The van der Waals surface area contributed by atoms with Crippen molar-refractivity contribution >= 4 is 17.6 Å². The first-order valence-corrected chi connectivity index (χ1v) is 15.5. The molecule has 0 amide bonds. The van der Waals surface area contributed by atoms with Crippen molar-refractivity contribution in [3.63, 3.8) is 0 Å². The number of hydrogen-bond donors (Lipinski definition) is 0. The minimum absolute atomic E-state index is 0.0412. The number of esters is 1. The molecular formula is C38H45NO3. The van der Waals surface area contributed by atoms with Crippen molar-refractivity contribution in [2.45, 2.75) is 66.3 Å². The molecule has 42 heavy (non-hydrogen) atoms. The van der Waals surface area contributed by atoms with Crippen molar-refractivity contribution in [1.82, 2.24) is 0 Å². The molecular weight excluding hydrogens is 518 g/mol. The second kappa shape index (κ2) is 9.38. The van der Waals surface area contributed by atoms with Crippen molar-refractivity contribution in [3.8, 4) is 0 Å². The van der Waals surface area contributed by atoms with E-state index in [1.807, 2.05) is 18.2 Å². The van der Waals surface area contributed by atoms with Crippen LogP contribution in [-0.4, -0.2) is 24.7 Å². The first kappa shape index (κ1) is 28.9. The van der Waals surface area contributed by atoms with E-state index >= 15 is 0 Å². The van der Waals surface area contributed by atoms with E-state index < -0.39 is 5.54 Å². The fourth-order valence-corrected chi connectivity index (χ4v) is 10.6. The van der Waals surface area contributed by atoms with Crippen LogP contribution >= 0.6 is 0 Å². The summed E-state index contributed by atoms with van der Waals surface area (Å²) in [7, 11) is 1.42. The summed E-state index contributed by atoms with van der Waals surface area (Å²) in [6.45, 7) is 18.7. The van der Waals surface area contributed by atoms with Gasteiger partial charge in [-0.25, -0.2) is 9.59 Å². The number of hydrogen-bond acceptors (Lipinski definition) is 4. The number of allylic oxidation sites excluding steroid dienone is 7. The smallest absolute Gasteiger partial charge is 0.337 e. The third-order valence-corrected chi connectivity index (χ3v) is 12.8. The molecule has 4 heteroatoms. The van der Waals surface area contributed by atoms with Crippen LogP contribution in [0, 0.1) is 51.2 Å². The molecule has 1 saturated carbocycles. The fraction of sp³-hybridized carbons (Fsp3) is 0.526. The normalized spacial score (nSPS) is 42.3. The van der Waals surface area contributed by atoms with E-state index in [0.29, 0.717) is 23.3 Å². The molecule has 0 spiro atoms. The molecule has 0 N–H and O–H groups in total. The number of methoxy groups -OCH3 is 1. The molecule has 5 aliphatic rings. The van der Waals surface area contributed by atoms with Crippen molar-refractivity contribution in [3.05, 3.63) is 90.1 Å². The van der Waals surface area contributed by atoms with Gasteiger partial charge in [-0.15, -0.1) is 0 Å². The highest BCUT2D eigenvalue weighted by Gasteiger charge is 2.67. The van der Waals surface area contributed by atoms with Crippen LogP contribution in [0.25, 0.3) is 5.57 Å². The summed E-state index contributed by atoms with van der Waals surface area (Å²) in [6.07, 6.45) is 21.8. The highest BCUT2D eigenvalue weighted by molar-refractivity contribution is 5.90. The van der Waals surface area contributed by atoms with E-state index in [0.717, 1.165) is 24.8 Å². The number of carbonyl (C=O) groups excluding carboxylic acids is 2. The van der Waals surface area contributed by atoms with Gasteiger partial charge < -0.3 is 4.74 Å². The Bertz CT molecular complexity index is 1500. The molecule has 6 rings (SSSR count). The van der Waals surface area contributed by atoms with Gasteiger partial charge >= 0.3 is 5.97 Å². The Morgan fingerprint density at radius 3 is 2.33 bits per heavy atom. The summed E-state index contributed by atoms with van der Waals surface area (Å²) in [6, 6.07) is 7.89. The quantitative estimate of drug-likeness (QED) is 0.160. The van der Waals surface area contributed by atoms with E-state index in [1.54, 1.807) is 0 Å². The molecule has 0 saturated heterocycles. The first-order valence-electron chi connectivity index (χ1n) is 15.5. The van der Waals surface area contributed by atoms with Gasteiger partial charge in [0.15, 0.2) is 0 Å². The Labute approximate surface area is 251 Å². The zero-order chi connectivity index (χ0) is 30.3. The molecule has 0 radical (unpaired) electrons. The van der Waals surface area contributed by atoms with Crippen molar-refractivity contribution in [2.24, 2.45) is 56.2 Å². The minimum Gasteiger partial charge on any atom is -0.465 e. The Morgan fingerprint density at radius 1 is 0.976 bits per heavy atom. The van der Waals surface area contributed by atoms with Gasteiger partial charge in [0.1, 0.15) is 5.54 Å². The summed E-state index contributed by atoms with van der Waals surface area (Å²) in [5.41, 5.74) is 3.53. The Balaban J connectivity index is 1.40. The molecule has 4 unspecified atom stereocenters. The maximum absolute atomic E-state index is 12.0. The van der Waals surface area contributed by atoms with Crippen LogP contribution < -0.4 is 0 Å². The Kier molecular flexibility index (Phi) is 6.45. The standard InChI is InChI=1S/C38H45NO3/c1-24(2)27-15-20-38(39-23-40)22-21-36(6)29(32(27)38)13-14-31-35(5)18-16-28(25-9-11-26(12-10-25)33(41)42-8)34(3,4)30(35)17-19-37(31,36)7/h9-12,15-17,19-22,27,29-32H,1,13-14,18H2,2-8H3/t27-,29+,30+,31+,32-,35?,36?,37?,38?/m0/s1. The number of benzene rings is 1. The number of ether oxygens (including phenoxy) is 1. The van der Waals surface area contributed by atoms with Gasteiger partial charge in [-0.1, -0.05) is 101 Å². The predicted octanol–water partition coefficient (Wildman–Crippen LogP) is 8.54. The third kappa shape index (κ3) is 3.63. The van der Waals surface area contributed by atoms with Crippen molar-refractivity contribution in [2.75, 3.05) is 7.11 Å². The van der Waals surface area contributed by atoms with Gasteiger partial charge in [-0.3, -0.25) is 0 Å². The monoisotopic (exact) mass is 563 g/mol. The summed E-state index contributed by atoms with van der Waals surface area (Å²) in [4.78, 5) is 28.1. The van der Waals surface area contributed by atoms with Gasteiger partial charge in [-0.05, 0) is 88.9 Å². The maximum Gasteiger partial charge on any atom is 0.337 e. The topological polar surface area (TPSA) is 55.7 Å². The lowest BCUT2D eigenvalue weighted by molar-refractivity contribution is -0.129. The Hall–Kier alpha value is -3.23. The molecule has 0 aliphatic heterocycles. The molecule has 4 nitrogen and oxygen atoms in total. The van der Waals surface area contributed by atoms with Crippen LogP contribution in [0.3, 0.4) is 0 Å².